The maximum Gasteiger partial charge on any atom is 0.271 e. The molecule has 1 aliphatic rings. The fourth-order valence-electron chi connectivity index (χ4n) is 4.11. The van der Waals surface area contributed by atoms with Gasteiger partial charge in [0.25, 0.3) is 11.8 Å². The van der Waals surface area contributed by atoms with Crippen LogP contribution in [0, 0.1) is 13.8 Å². The minimum absolute atomic E-state index is 0.165. The molecule has 2 amide bonds. The summed E-state index contributed by atoms with van der Waals surface area (Å²) < 4.78 is 11.3. The first-order valence-corrected chi connectivity index (χ1v) is 13.8. The van der Waals surface area contributed by atoms with Crippen molar-refractivity contribution in [1.29, 1.82) is 0 Å². The number of methoxy groups -OCH3 is 1. The molecule has 0 bridgehead atoms. The summed E-state index contributed by atoms with van der Waals surface area (Å²) in [6.45, 7) is 3.85. The quantitative estimate of drug-likeness (QED) is 0.231. The summed E-state index contributed by atoms with van der Waals surface area (Å²) in [5, 5.41) is 3.36. The summed E-state index contributed by atoms with van der Waals surface area (Å²) in [5.41, 5.74) is 5.20. The van der Waals surface area contributed by atoms with Gasteiger partial charge in [0.2, 0.25) is 0 Å². The molecule has 7 nitrogen and oxygen atoms in total. The molecule has 1 aliphatic heterocycles. The maximum absolute atomic E-state index is 13.7. The van der Waals surface area contributed by atoms with Crippen molar-refractivity contribution in [3.63, 3.8) is 0 Å². The number of ether oxygens (including phenoxy) is 2. The van der Waals surface area contributed by atoms with E-state index in [-0.39, 0.29) is 18.4 Å². The first-order valence-electron chi connectivity index (χ1n) is 13.0. The topological polar surface area (TPSA) is 80.2 Å². The average molecular weight is 564 g/mol. The number of nitrogens with zero attached hydrogens (tertiary/aromatic N) is 2. The SMILES string of the molecule is COc1cc(/C=C2/SC(=Nc3ccc(C)cc3)N(c3ccc(C)cc3)C2=O)ccc1OCC(=O)Nc1ccccc1. The van der Waals surface area contributed by atoms with Crippen molar-refractivity contribution >= 4 is 51.9 Å². The van der Waals surface area contributed by atoms with Gasteiger partial charge in [-0.15, -0.1) is 0 Å². The van der Waals surface area contributed by atoms with Gasteiger partial charge in [0.05, 0.1) is 23.4 Å². The van der Waals surface area contributed by atoms with Crippen LogP contribution < -0.4 is 19.7 Å². The summed E-state index contributed by atoms with van der Waals surface area (Å²) in [6.07, 6.45) is 1.81. The molecule has 0 aliphatic carbocycles. The standard InChI is InChI=1S/C33H29N3O4S/c1-22-9-14-26(15-10-22)35-33-36(27-16-11-23(2)12-17-27)32(38)30(41-33)20-24-13-18-28(29(19-24)39-3)40-21-31(37)34-25-7-5-4-6-8-25/h4-20H,21H2,1-3H3,(H,34,37)/b30-20+,35-33?. The zero-order chi connectivity index (χ0) is 28.8. The molecule has 0 aromatic heterocycles. The number of benzene rings is 4. The van der Waals surface area contributed by atoms with Gasteiger partial charge in [-0.25, -0.2) is 4.99 Å². The Morgan fingerprint density at radius 3 is 2.27 bits per heavy atom. The molecule has 0 saturated carbocycles. The molecule has 206 valence electrons. The van der Waals surface area contributed by atoms with E-state index in [0.29, 0.717) is 27.3 Å². The van der Waals surface area contributed by atoms with Crippen molar-refractivity contribution < 1.29 is 19.1 Å². The zero-order valence-electron chi connectivity index (χ0n) is 23.0. The Morgan fingerprint density at radius 1 is 0.902 bits per heavy atom. The molecule has 4 aromatic carbocycles. The van der Waals surface area contributed by atoms with Crippen LogP contribution in [0.4, 0.5) is 17.1 Å². The predicted molar refractivity (Wildman–Crippen MR) is 166 cm³/mol. The number of para-hydroxylation sites is 1. The number of anilines is 2. The van der Waals surface area contributed by atoms with E-state index in [4.69, 9.17) is 14.5 Å². The smallest absolute Gasteiger partial charge is 0.271 e. The number of aryl methyl sites for hydroxylation is 2. The second kappa shape index (κ2) is 12.6. The summed E-state index contributed by atoms with van der Waals surface area (Å²) >= 11 is 1.31. The molecule has 0 radical (unpaired) electrons. The summed E-state index contributed by atoms with van der Waals surface area (Å²) in [6, 6.07) is 30.2. The number of aliphatic imine (C=N–C) groups is 1. The lowest BCUT2D eigenvalue weighted by atomic mass is 10.1. The van der Waals surface area contributed by atoms with Crippen LogP contribution in [0.25, 0.3) is 6.08 Å². The first kappa shape index (κ1) is 27.7. The fourth-order valence-corrected chi connectivity index (χ4v) is 5.11. The van der Waals surface area contributed by atoms with E-state index in [9.17, 15) is 9.59 Å². The zero-order valence-corrected chi connectivity index (χ0v) is 23.8. The van der Waals surface area contributed by atoms with Crippen molar-refractivity contribution in [2.75, 3.05) is 23.9 Å². The van der Waals surface area contributed by atoms with Crippen LogP contribution in [0.2, 0.25) is 0 Å². The van der Waals surface area contributed by atoms with E-state index >= 15 is 0 Å². The van der Waals surface area contributed by atoms with E-state index in [1.54, 1.807) is 35.2 Å². The highest BCUT2D eigenvalue weighted by molar-refractivity contribution is 8.19. The molecule has 1 heterocycles. The van der Waals surface area contributed by atoms with Gasteiger partial charge in [0.1, 0.15) is 0 Å². The van der Waals surface area contributed by atoms with Crippen molar-refractivity contribution in [2.24, 2.45) is 4.99 Å². The number of hydrogen-bond acceptors (Lipinski definition) is 6. The van der Waals surface area contributed by atoms with Gasteiger partial charge in [-0.2, -0.15) is 0 Å². The first-order chi connectivity index (χ1) is 19.9. The average Bonchev–Trinajstić information content (AvgIpc) is 3.28. The molecule has 41 heavy (non-hydrogen) atoms. The van der Waals surface area contributed by atoms with E-state index in [0.717, 1.165) is 28.1 Å². The molecule has 5 rings (SSSR count). The minimum atomic E-state index is -0.283. The van der Waals surface area contributed by atoms with Crippen molar-refractivity contribution in [3.05, 3.63) is 119 Å². The highest BCUT2D eigenvalue weighted by Gasteiger charge is 2.34. The van der Waals surface area contributed by atoms with Gasteiger partial charge >= 0.3 is 0 Å². The monoisotopic (exact) mass is 563 g/mol. The Morgan fingerprint density at radius 2 is 1.59 bits per heavy atom. The molecule has 1 fully saturated rings. The molecular weight excluding hydrogens is 534 g/mol. The Bertz CT molecular complexity index is 1620. The van der Waals surface area contributed by atoms with Crippen LogP contribution in [-0.4, -0.2) is 30.7 Å². The lowest BCUT2D eigenvalue weighted by Crippen LogP contribution is -2.28. The Labute approximate surface area is 243 Å². The minimum Gasteiger partial charge on any atom is -0.493 e. The van der Waals surface area contributed by atoms with Crippen LogP contribution in [0.1, 0.15) is 16.7 Å². The highest BCUT2D eigenvalue weighted by atomic mass is 32.2. The third kappa shape index (κ3) is 6.85. The second-order valence-corrected chi connectivity index (χ2v) is 10.4. The van der Waals surface area contributed by atoms with Crippen LogP contribution >= 0.6 is 11.8 Å². The second-order valence-electron chi connectivity index (χ2n) is 9.43. The van der Waals surface area contributed by atoms with E-state index in [2.05, 4.69) is 5.32 Å². The highest BCUT2D eigenvalue weighted by Crippen LogP contribution is 2.38. The van der Waals surface area contributed by atoms with Crippen molar-refractivity contribution in [3.8, 4) is 11.5 Å². The van der Waals surface area contributed by atoms with Gasteiger partial charge in [-0.1, -0.05) is 59.7 Å². The number of hydrogen-bond donors (Lipinski definition) is 1. The van der Waals surface area contributed by atoms with Gasteiger partial charge in [-0.3, -0.25) is 14.5 Å². The van der Waals surface area contributed by atoms with Crippen molar-refractivity contribution in [1.82, 2.24) is 0 Å². The number of carbonyl (C=O) groups excluding carboxylic acids is 2. The molecule has 1 N–H and O–H groups in total. The maximum atomic E-state index is 13.7. The Balaban J connectivity index is 1.38. The van der Waals surface area contributed by atoms with Gasteiger partial charge in [-0.05, 0) is 85.8 Å². The van der Waals surface area contributed by atoms with Crippen LogP contribution in [0.5, 0.6) is 11.5 Å². The number of amidine groups is 1. The molecule has 0 unspecified atom stereocenters. The van der Waals surface area contributed by atoms with E-state index in [1.807, 2.05) is 86.6 Å². The van der Waals surface area contributed by atoms with Gasteiger partial charge in [0, 0.05) is 5.69 Å². The Hall–Kier alpha value is -4.82. The number of rotatable bonds is 8. The van der Waals surface area contributed by atoms with E-state index in [1.165, 1.54) is 18.9 Å². The number of amides is 2. The lowest BCUT2D eigenvalue weighted by Gasteiger charge is -2.16. The third-order valence-electron chi connectivity index (χ3n) is 6.26. The lowest BCUT2D eigenvalue weighted by molar-refractivity contribution is -0.118. The normalized spacial score (nSPS) is 14.9. The molecule has 8 heteroatoms. The fraction of sp³-hybridized carbons (Fsp3) is 0.121. The van der Waals surface area contributed by atoms with Crippen LogP contribution in [0.3, 0.4) is 0 Å². The molecule has 0 atom stereocenters. The molecule has 4 aromatic rings. The van der Waals surface area contributed by atoms with Gasteiger partial charge < -0.3 is 14.8 Å². The summed E-state index contributed by atoms with van der Waals surface area (Å²) in [5.74, 6) is 0.424. The number of carbonyl (C=O) groups is 2. The molecular formula is C33H29N3O4S. The Kier molecular flexibility index (Phi) is 8.50. The molecule has 0 spiro atoms. The number of thioether (sulfide) groups is 1. The summed E-state index contributed by atoms with van der Waals surface area (Å²) in [7, 11) is 1.53. The van der Waals surface area contributed by atoms with Crippen LogP contribution in [-0.2, 0) is 9.59 Å². The molecule has 1 saturated heterocycles. The van der Waals surface area contributed by atoms with Gasteiger partial charge in [0.15, 0.2) is 23.3 Å². The summed E-state index contributed by atoms with van der Waals surface area (Å²) in [4.78, 5) is 32.9. The number of nitrogens with one attached hydrogen (secondary N) is 1. The van der Waals surface area contributed by atoms with Crippen LogP contribution in [0.15, 0.2) is 107 Å². The third-order valence-corrected chi connectivity index (χ3v) is 7.23. The predicted octanol–water partition coefficient (Wildman–Crippen LogP) is 7.14. The van der Waals surface area contributed by atoms with Crippen molar-refractivity contribution in [2.45, 2.75) is 13.8 Å². The largest absolute Gasteiger partial charge is 0.493 e. The van der Waals surface area contributed by atoms with E-state index < -0.39 is 0 Å².